The Kier molecular flexibility index (Phi) is 6.32. The molecule has 0 bridgehead atoms. The maximum atomic E-state index is 12.7. The second-order valence-electron chi connectivity index (χ2n) is 7.81. The fraction of sp³-hybridized carbons (Fsp3) is 0.435. The molecule has 6 heteroatoms. The number of rotatable bonds is 6. The minimum atomic E-state index is -0.137. The van der Waals surface area contributed by atoms with Gasteiger partial charge in [0, 0.05) is 39.8 Å². The number of likely N-dealkylation sites (N-methyl/N-ethyl adjacent to an activating group) is 1. The number of carbonyl (C=O) groups is 1. The highest BCUT2D eigenvalue weighted by molar-refractivity contribution is 5.78. The topological polar surface area (TPSA) is 45.3 Å². The number of ether oxygens (including phenoxy) is 2. The van der Waals surface area contributed by atoms with E-state index in [-0.39, 0.29) is 12.0 Å². The first-order valence-electron chi connectivity index (χ1n) is 10.3. The maximum absolute atomic E-state index is 12.7. The van der Waals surface area contributed by atoms with Crippen molar-refractivity contribution < 1.29 is 14.3 Å². The Labute approximate surface area is 172 Å². The minimum absolute atomic E-state index is 0.129. The van der Waals surface area contributed by atoms with Crippen molar-refractivity contribution in [3.63, 3.8) is 0 Å². The largest absolute Gasteiger partial charge is 0.486 e. The van der Waals surface area contributed by atoms with Crippen molar-refractivity contribution in [3.8, 4) is 11.5 Å². The molecule has 1 fully saturated rings. The SMILES string of the molecule is CN(C[C@@H]1COc2ccccc2O1)C(=O)CN1CCN(Cc2ccccc2)CC1. The van der Waals surface area contributed by atoms with Crippen LogP contribution < -0.4 is 9.47 Å². The van der Waals surface area contributed by atoms with Crippen molar-refractivity contribution in [2.24, 2.45) is 0 Å². The van der Waals surface area contributed by atoms with Crippen LogP contribution in [-0.4, -0.2) is 79.6 Å². The first-order chi connectivity index (χ1) is 14.2. The molecule has 1 amide bonds. The molecule has 0 saturated carbocycles. The van der Waals surface area contributed by atoms with E-state index in [1.54, 1.807) is 4.90 Å². The third-order valence-electron chi connectivity index (χ3n) is 5.54. The molecule has 6 nitrogen and oxygen atoms in total. The van der Waals surface area contributed by atoms with E-state index in [0.29, 0.717) is 19.7 Å². The Morgan fingerprint density at radius 3 is 2.38 bits per heavy atom. The number of fused-ring (bicyclic) bond motifs is 1. The molecule has 0 N–H and O–H groups in total. The van der Waals surface area contributed by atoms with E-state index in [2.05, 4.69) is 34.1 Å². The molecule has 1 atom stereocenters. The van der Waals surface area contributed by atoms with Gasteiger partial charge in [0.2, 0.25) is 5.91 Å². The van der Waals surface area contributed by atoms with Crippen LogP contribution in [0.2, 0.25) is 0 Å². The zero-order valence-electron chi connectivity index (χ0n) is 17.0. The van der Waals surface area contributed by atoms with Gasteiger partial charge in [-0.15, -0.1) is 0 Å². The van der Waals surface area contributed by atoms with Crippen LogP contribution in [0.5, 0.6) is 11.5 Å². The molecule has 0 aromatic heterocycles. The second-order valence-corrected chi connectivity index (χ2v) is 7.81. The molecule has 2 aliphatic rings. The van der Waals surface area contributed by atoms with Crippen LogP contribution in [0.4, 0.5) is 0 Å². The third kappa shape index (κ3) is 5.28. The monoisotopic (exact) mass is 395 g/mol. The highest BCUT2D eigenvalue weighted by Crippen LogP contribution is 2.30. The number of hydrogen-bond donors (Lipinski definition) is 0. The summed E-state index contributed by atoms with van der Waals surface area (Å²) in [5, 5.41) is 0. The van der Waals surface area contributed by atoms with Crippen LogP contribution in [0.25, 0.3) is 0 Å². The van der Waals surface area contributed by atoms with E-state index in [1.165, 1.54) is 5.56 Å². The van der Waals surface area contributed by atoms with Crippen LogP contribution in [0.15, 0.2) is 54.6 Å². The molecule has 2 aromatic carbocycles. The van der Waals surface area contributed by atoms with Crippen molar-refractivity contribution in [3.05, 3.63) is 60.2 Å². The van der Waals surface area contributed by atoms with Gasteiger partial charge in [0.25, 0.3) is 0 Å². The quantitative estimate of drug-likeness (QED) is 0.750. The summed E-state index contributed by atoms with van der Waals surface area (Å²) in [5.41, 5.74) is 1.34. The highest BCUT2D eigenvalue weighted by Gasteiger charge is 2.25. The van der Waals surface area contributed by atoms with Crippen molar-refractivity contribution >= 4 is 5.91 Å². The summed E-state index contributed by atoms with van der Waals surface area (Å²) in [5.74, 6) is 1.65. The second kappa shape index (κ2) is 9.29. The van der Waals surface area contributed by atoms with Crippen molar-refractivity contribution in [2.75, 3.05) is 52.9 Å². The highest BCUT2D eigenvalue weighted by atomic mass is 16.6. The molecular weight excluding hydrogens is 366 g/mol. The molecule has 0 unspecified atom stereocenters. The molecule has 0 radical (unpaired) electrons. The van der Waals surface area contributed by atoms with Gasteiger partial charge < -0.3 is 14.4 Å². The third-order valence-corrected chi connectivity index (χ3v) is 5.54. The molecule has 29 heavy (non-hydrogen) atoms. The van der Waals surface area contributed by atoms with Gasteiger partial charge in [-0.2, -0.15) is 0 Å². The number of nitrogens with zero attached hydrogens (tertiary/aromatic N) is 3. The summed E-state index contributed by atoms with van der Waals surface area (Å²) in [6.45, 7) is 6.24. The van der Waals surface area contributed by atoms with E-state index in [1.807, 2.05) is 37.4 Å². The average molecular weight is 396 g/mol. The molecule has 1 saturated heterocycles. The molecule has 154 valence electrons. The van der Waals surface area contributed by atoms with Gasteiger partial charge in [-0.3, -0.25) is 14.6 Å². The van der Waals surface area contributed by atoms with Gasteiger partial charge >= 0.3 is 0 Å². The van der Waals surface area contributed by atoms with Crippen molar-refractivity contribution in [2.45, 2.75) is 12.6 Å². The minimum Gasteiger partial charge on any atom is -0.486 e. The fourth-order valence-electron chi connectivity index (χ4n) is 3.82. The van der Waals surface area contributed by atoms with E-state index in [0.717, 1.165) is 44.2 Å². The lowest BCUT2D eigenvalue weighted by Crippen LogP contribution is -2.50. The number of para-hydroxylation sites is 2. The molecule has 2 aromatic rings. The van der Waals surface area contributed by atoms with Crippen LogP contribution >= 0.6 is 0 Å². The predicted molar refractivity (Wildman–Crippen MR) is 112 cm³/mol. The number of hydrogen-bond acceptors (Lipinski definition) is 5. The summed E-state index contributed by atoms with van der Waals surface area (Å²) in [6.07, 6.45) is -0.137. The van der Waals surface area contributed by atoms with Gasteiger partial charge in [-0.25, -0.2) is 0 Å². The lowest BCUT2D eigenvalue weighted by Gasteiger charge is -2.35. The van der Waals surface area contributed by atoms with Gasteiger partial charge in [0.05, 0.1) is 13.1 Å². The van der Waals surface area contributed by atoms with E-state index in [4.69, 9.17) is 9.47 Å². The molecule has 0 spiro atoms. The summed E-state index contributed by atoms with van der Waals surface area (Å²) >= 11 is 0. The Balaban J connectivity index is 1.20. The number of amides is 1. The standard InChI is InChI=1S/C23H29N3O3/c1-24(16-20-18-28-21-9-5-6-10-22(21)29-20)23(27)17-26-13-11-25(12-14-26)15-19-7-3-2-4-8-19/h2-10,20H,11-18H2,1H3/t20-/m1/s1. The van der Waals surface area contributed by atoms with Crippen LogP contribution in [0.3, 0.4) is 0 Å². The van der Waals surface area contributed by atoms with E-state index < -0.39 is 0 Å². The number of carbonyl (C=O) groups excluding carboxylic acids is 1. The normalized spacial score (nSPS) is 19.7. The van der Waals surface area contributed by atoms with Gasteiger partial charge in [-0.1, -0.05) is 42.5 Å². The van der Waals surface area contributed by atoms with E-state index >= 15 is 0 Å². The first kappa shape index (κ1) is 19.7. The molecular formula is C23H29N3O3. The van der Waals surface area contributed by atoms with Gasteiger partial charge in [0.1, 0.15) is 6.61 Å². The molecule has 4 rings (SSSR count). The summed E-state index contributed by atoms with van der Waals surface area (Å²) < 4.78 is 11.7. The van der Waals surface area contributed by atoms with Crippen LogP contribution in [-0.2, 0) is 11.3 Å². The van der Waals surface area contributed by atoms with Crippen LogP contribution in [0, 0.1) is 0 Å². The Morgan fingerprint density at radius 1 is 0.966 bits per heavy atom. The van der Waals surface area contributed by atoms with Gasteiger partial charge in [0.15, 0.2) is 17.6 Å². The number of benzene rings is 2. The zero-order chi connectivity index (χ0) is 20.1. The lowest BCUT2D eigenvalue weighted by molar-refractivity contribution is -0.133. The molecule has 2 heterocycles. The number of piperazine rings is 1. The summed E-state index contributed by atoms with van der Waals surface area (Å²) in [7, 11) is 1.85. The summed E-state index contributed by atoms with van der Waals surface area (Å²) in [6, 6.07) is 18.2. The maximum Gasteiger partial charge on any atom is 0.236 e. The van der Waals surface area contributed by atoms with Gasteiger partial charge in [-0.05, 0) is 17.7 Å². The predicted octanol–water partition coefficient (Wildman–Crippen LogP) is 2.10. The fourth-order valence-corrected chi connectivity index (χ4v) is 3.82. The van der Waals surface area contributed by atoms with Crippen molar-refractivity contribution in [1.29, 1.82) is 0 Å². The lowest BCUT2D eigenvalue weighted by atomic mass is 10.2. The zero-order valence-corrected chi connectivity index (χ0v) is 17.0. The Bertz CT molecular complexity index is 806. The van der Waals surface area contributed by atoms with Crippen LogP contribution in [0.1, 0.15) is 5.56 Å². The average Bonchev–Trinajstić information content (AvgIpc) is 2.76. The molecule has 0 aliphatic carbocycles. The smallest absolute Gasteiger partial charge is 0.236 e. The summed E-state index contributed by atoms with van der Waals surface area (Å²) in [4.78, 5) is 19.1. The Morgan fingerprint density at radius 2 is 1.62 bits per heavy atom. The van der Waals surface area contributed by atoms with Crippen molar-refractivity contribution in [1.82, 2.24) is 14.7 Å². The van der Waals surface area contributed by atoms with E-state index in [9.17, 15) is 4.79 Å². The first-order valence-corrected chi connectivity index (χ1v) is 10.3. The Hall–Kier alpha value is -2.57. The molecule has 2 aliphatic heterocycles.